The zero-order valence-electron chi connectivity index (χ0n) is 14.1. The summed E-state index contributed by atoms with van der Waals surface area (Å²) in [5.41, 5.74) is 9.62. The molecule has 0 saturated carbocycles. The Morgan fingerprint density at radius 1 is 1.08 bits per heavy atom. The standard InChI is InChI=1S/C21H20N2O/c1-12-3-6-15-16-7-8-22-18-10-14-5-4-13(2)21(24)17(14)11-23(20(16)18)19(15)9-12/h3-6,9,24H,7-8,10-11H2,1-2H3. The lowest BCUT2D eigenvalue weighted by Crippen LogP contribution is -2.16. The lowest BCUT2D eigenvalue weighted by Gasteiger charge is -2.14. The van der Waals surface area contributed by atoms with E-state index in [1.165, 1.54) is 39.0 Å². The topological polar surface area (TPSA) is 37.5 Å². The molecule has 0 saturated heterocycles. The van der Waals surface area contributed by atoms with Crippen molar-refractivity contribution < 1.29 is 5.11 Å². The molecule has 2 aliphatic rings. The van der Waals surface area contributed by atoms with E-state index in [2.05, 4.69) is 35.8 Å². The lowest BCUT2D eigenvalue weighted by atomic mass is 9.95. The smallest absolute Gasteiger partial charge is 0.123 e. The zero-order valence-corrected chi connectivity index (χ0v) is 14.1. The molecule has 1 aromatic heterocycles. The second-order valence-corrected chi connectivity index (χ2v) is 7.06. The van der Waals surface area contributed by atoms with Gasteiger partial charge in [0.2, 0.25) is 0 Å². The van der Waals surface area contributed by atoms with Crippen molar-refractivity contribution in [3.05, 3.63) is 63.8 Å². The highest BCUT2D eigenvalue weighted by Crippen LogP contribution is 2.37. The van der Waals surface area contributed by atoms with Crippen LogP contribution in [0, 0.1) is 13.8 Å². The third kappa shape index (κ3) is 1.75. The fraction of sp³-hybridized carbons (Fsp3) is 0.286. The molecular weight excluding hydrogens is 296 g/mol. The minimum atomic E-state index is 0.440. The highest BCUT2D eigenvalue weighted by atomic mass is 16.3. The van der Waals surface area contributed by atoms with Crippen molar-refractivity contribution in [3.8, 4) is 5.75 Å². The van der Waals surface area contributed by atoms with Crippen LogP contribution in [0.5, 0.6) is 5.75 Å². The molecule has 120 valence electrons. The van der Waals surface area contributed by atoms with Gasteiger partial charge in [0.15, 0.2) is 0 Å². The normalized spacial score (nSPS) is 15.7. The van der Waals surface area contributed by atoms with Crippen molar-refractivity contribution in [2.45, 2.75) is 33.2 Å². The number of phenols is 1. The van der Waals surface area contributed by atoms with Gasteiger partial charge < -0.3 is 9.67 Å². The number of aliphatic imine (C=N–C) groups is 1. The van der Waals surface area contributed by atoms with E-state index >= 15 is 0 Å². The van der Waals surface area contributed by atoms with Gasteiger partial charge >= 0.3 is 0 Å². The van der Waals surface area contributed by atoms with Crippen LogP contribution in [0.4, 0.5) is 0 Å². The number of rotatable bonds is 0. The van der Waals surface area contributed by atoms with Gasteiger partial charge in [0.25, 0.3) is 0 Å². The predicted octanol–water partition coefficient (Wildman–Crippen LogP) is 3.91. The third-order valence-corrected chi connectivity index (χ3v) is 5.52. The number of aryl methyl sites for hydroxylation is 2. The van der Waals surface area contributed by atoms with Gasteiger partial charge in [-0.3, -0.25) is 4.99 Å². The van der Waals surface area contributed by atoms with Crippen molar-refractivity contribution in [3.63, 3.8) is 0 Å². The maximum absolute atomic E-state index is 10.6. The zero-order chi connectivity index (χ0) is 16.4. The molecule has 24 heavy (non-hydrogen) atoms. The van der Waals surface area contributed by atoms with Gasteiger partial charge in [-0.05, 0) is 48.6 Å². The summed E-state index contributed by atoms with van der Waals surface area (Å²) in [5.74, 6) is 0.440. The molecule has 1 N–H and O–H groups in total. The SMILES string of the molecule is Cc1ccc2c3c4n(c2c1)Cc1c(ccc(C)c1O)CC4=NCC3. The van der Waals surface area contributed by atoms with Gasteiger partial charge in [-0.15, -0.1) is 0 Å². The number of benzene rings is 2. The van der Waals surface area contributed by atoms with E-state index < -0.39 is 0 Å². The van der Waals surface area contributed by atoms with Gasteiger partial charge in [0.1, 0.15) is 5.75 Å². The fourth-order valence-electron chi connectivity index (χ4n) is 4.27. The van der Waals surface area contributed by atoms with E-state index in [0.29, 0.717) is 5.75 Å². The summed E-state index contributed by atoms with van der Waals surface area (Å²) in [6.07, 6.45) is 1.82. The minimum absolute atomic E-state index is 0.440. The Balaban J connectivity index is 1.88. The predicted molar refractivity (Wildman–Crippen MR) is 97.4 cm³/mol. The van der Waals surface area contributed by atoms with Crippen LogP contribution in [0.3, 0.4) is 0 Å². The second kappa shape index (κ2) is 4.73. The maximum Gasteiger partial charge on any atom is 0.123 e. The van der Waals surface area contributed by atoms with Gasteiger partial charge in [0, 0.05) is 29.4 Å². The number of aromatic nitrogens is 1. The molecule has 3 nitrogen and oxygen atoms in total. The van der Waals surface area contributed by atoms with E-state index in [4.69, 9.17) is 4.99 Å². The summed E-state index contributed by atoms with van der Waals surface area (Å²) in [6.45, 7) is 5.69. The Morgan fingerprint density at radius 3 is 2.83 bits per heavy atom. The summed E-state index contributed by atoms with van der Waals surface area (Å²) < 4.78 is 2.38. The third-order valence-electron chi connectivity index (χ3n) is 5.52. The van der Waals surface area contributed by atoms with Crippen LogP contribution in [0.2, 0.25) is 0 Å². The molecule has 5 rings (SSSR count). The van der Waals surface area contributed by atoms with Crippen molar-refractivity contribution in [2.24, 2.45) is 4.99 Å². The Hall–Kier alpha value is -2.55. The highest BCUT2D eigenvalue weighted by molar-refractivity contribution is 6.08. The quantitative estimate of drug-likeness (QED) is 0.671. The highest BCUT2D eigenvalue weighted by Gasteiger charge is 2.28. The Bertz CT molecular complexity index is 1040. The molecule has 0 spiro atoms. The number of hydrogen-bond acceptors (Lipinski definition) is 2. The number of phenolic OH excluding ortho intramolecular Hbond substituents is 1. The van der Waals surface area contributed by atoms with Crippen molar-refractivity contribution in [2.75, 3.05) is 6.54 Å². The van der Waals surface area contributed by atoms with Crippen LogP contribution in [0.1, 0.15) is 33.5 Å². The number of nitrogens with zero attached hydrogens (tertiary/aromatic N) is 2. The van der Waals surface area contributed by atoms with E-state index in [9.17, 15) is 5.11 Å². The van der Waals surface area contributed by atoms with Crippen molar-refractivity contribution >= 4 is 16.6 Å². The first kappa shape index (κ1) is 13.8. The lowest BCUT2D eigenvalue weighted by molar-refractivity contribution is 0.461. The van der Waals surface area contributed by atoms with Crippen molar-refractivity contribution in [1.29, 1.82) is 0 Å². The summed E-state index contributed by atoms with van der Waals surface area (Å²) >= 11 is 0. The van der Waals surface area contributed by atoms with Gasteiger partial charge in [-0.25, -0.2) is 0 Å². The second-order valence-electron chi connectivity index (χ2n) is 7.06. The van der Waals surface area contributed by atoms with Crippen LogP contribution in [-0.4, -0.2) is 21.9 Å². The molecule has 0 amide bonds. The van der Waals surface area contributed by atoms with Gasteiger partial charge in [0.05, 0.1) is 18.0 Å². The first-order valence-corrected chi connectivity index (χ1v) is 8.59. The average Bonchev–Trinajstić information content (AvgIpc) is 2.77. The maximum atomic E-state index is 10.6. The number of aromatic hydroxyl groups is 1. The van der Waals surface area contributed by atoms with E-state index in [-0.39, 0.29) is 0 Å². The molecule has 0 aliphatic carbocycles. The van der Waals surface area contributed by atoms with Gasteiger partial charge in [-0.1, -0.05) is 24.3 Å². The molecule has 0 radical (unpaired) electrons. The van der Waals surface area contributed by atoms with Crippen LogP contribution >= 0.6 is 0 Å². The van der Waals surface area contributed by atoms with E-state index in [1.807, 2.05) is 13.0 Å². The molecule has 0 fully saturated rings. The first-order chi connectivity index (χ1) is 11.6. The Kier molecular flexibility index (Phi) is 2.73. The molecule has 3 heterocycles. The summed E-state index contributed by atoms with van der Waals surface area (Å²) in [7, 11) is 0. The Labute approximate surface area is 141 Å². The van der Waals surface area contributed by atoms with Crippen LogP contribution < -0.4 is 0 Å². The molecule has 3 heteroatoms. The molecular formula is C21H20N2O. The first-order valence-electron chi connectivity index (χ1n) is 8.59. The van der Waals surface area contributed by atoms with Crippen molar-refractivity contribution in [1.82, 2.24) is 4.57 Å². The monoisotopic (exact) mass is 316 g/mol. The molecule has 2 aromatic carbocycles. The fourth-order valence-corrected chi connectivity index (χ4v) is 4.27. The number of hydrogen-bond donors (Lipinski definition) is 1. The molecule has 0 bridgehead atoms. The molecule has 0 unspecified atom stereocenters. The number of fused-ring (bicyclic) bond motifs is 4. The summed E-state index contributed by atoms with van der Waals surface area (Å²) in [5, 5.41) is 12.0. The van der Waals surface area contributed by atoms with E-state index in [1.54, 1.807) is 0 Å². The van der Waals surface area contributed by atoms with Gasteiger partial charge in [-0.2, -0.15) is 0 Å². The summed E-state index contributed by atoms with van der Waals surface area (Å²) in [4.78, 5) is 4.84. The van der Waals surface area contributed by atoms with Crippen LogP contribution in [0.15, 0.2) is 35.3 Å². The summed E-state index contributed by atoms with van der Waals surface area (Å²) in [6, 6.07) is 10.9. The van der Waals surface area contributed by atoms with Crippen LogP contribution in [0.25, 0.3) is 10.9 Å². The average molecular weight is 316 g/mol. The molecule has 0 atom stereocenters. The van der Waals surface area contributed by atoms with Crippen LogP contribution in [-0.2, 0) is 19.4 Å². The molecule has 3 aromatic rings. The minimum Gasteiger partial charge on any atom is -0.507 e. The Morgan fingerprint density at radius 2 is 1.96 bits per heavy atom. The molecule has 2 aliphatic heterocycles. The largest absolute Gasteiger partial charge is 0.507 e. The van der Waals surface area contributed by atoms with E-state index in [0.717, 1.165) is 37.1 Å².